The molecule has 18 heavy (non-hydrogen) atoms. The normalized spacial score (nSPS) is 11.8. The number of carbonyl (C=O) groups is 1. The number of benzene rings is 1. The van der Waals surface area contributed by atoms with Crippen molar-refractivity contribution in [3.63, 3.8) is 0 Å². The molecule has 1 amide bonds. The average Bonchev–Trinajstić information content (AvgIpc) is 2.30. The lowest BCUT2D eigenvalue weighted by molar-refractivity contribution is -0.131. The molecule has 1 rings (SSSR count). The maximum atomic E-state index is 12.3. The van der Waals surface area contributed by atoms with Crippen LogP contribution in [0.5, 0.6) is 0 Å². The molecule has 2 N–H and O–H groups in total. The second-order valence-corrected chi connectivity index (χ2v) is 4.81. The number of amides is 1. The minimum absolute atomic E-state index is 0. The van der Waals surface area contributed by atoms with Crippen molar-refractivity contribution < 1.29 is 4.79 Å². The Bertz CT molecular complexity index is 354. The number of halogens is 1. The Morgan fingerprint density at radius 2 is 1.83 bits per heavy atom. The second-order valence-electron chi connectivity index (χ2n) is 4.81. The summed E-state index contributed by atoms with van der Waals surface area (Å²) < 4.78 is 0. The van der Waals surface area contributed by atoms with Crippen LogP contribution in [0.1, 0.15) is 25.3 Å². The summed E-state index contributed by atoms with van der Waals surface area (Å²) in [6.07, 6.45) is 0. The molecule has 102 valence electrons. The highest BCUT2D eigenvalue weighted by Crippen LogP contribution is 2.17. The minimum Gasteiger partial charge on any atom is -0.345 e. The summed E-state index contributed by atoms with van der Waals surface area (Å²) in [5.74, 6) is 0.352. The van der Waals surface area contributed by atoms with E-state index in [1.54, 1.807) is 4.90 Å². The van der Waals surface area contributed by atoms with E-state index < -0.39 is 0 Å². The minimum atomic E-state index is -0.222. The number of hydrogen-bond donors (Lipinski definition) is 1. The standard InChI is InChI=1S/C14H22N2O.ClH/c1-11(2)10-16(3)14(17)13(9-15)12-7-5-4-6-8-12;/h4-8,11,13H,9-10,15H2,1-3H3;1H. The van der Waals surface area contributed by atoms with Crippen LogP contribution in [0.15, 0.2) is 30.3 Å². The third-order valence-corrected chi connectivity index (χ3v) is 2.75. The molecule has 1 aromatic rings. The lowest BCUT2D eigenvalue weighted by Gasteiger charge is -2.24. The van der Waals surface area contributed by atoms with Gasteiger partial charge in [0.1, 0.15) is 0 Å². The van der Waals surface area contributed by atoms with Crippen LogP contribution in [0, 0.1) is 5.92 Å². The van der Waals surface area contributed by atoms with Crippen LogP contribution >= 0.6 is 12.4 Å². The lowest BCUT2D eigenvalue weighted by Crippen LogP contribution is -2.37. The van der Waals surface area contributed by atoms with Crippen LogP contribution < -0.4 is 5.73 Å². The SMILES string of the molecule is CC(C)CN(C)C(=O)C(CN)c1ccccc1.Cl. The van der Waals surface area contributed by atoms with Gasteiger partial charge in [0.15, 0.2) is 0 Å². The number of nitrogens with two attached hydrogens (primary N) is 1. The predicted octanol–water partition coefficient (Wildman–Crippen LogP) is 2.27. The summed E-state index contributed by atoms with van der Waals surface area (Å²) in [5, 5.41) is 0. The Kier molecular flexibility index (Phi) is 7.64. The van der Waals surface area contributed by atoms with Gasteiger partial charge in [0.2, 0.25) is 5.91 Å². The fourth-order valence-electron chi connectivity index (χ4n) is 1.97. The Balaban J connectivity index is 0.00000289. The van der Waals surface area contributed by atoms with Crippen molar-refractivity contribution >= 4 is 18.3 Å². The maximum absolute atomic E-state index is 12.3. The molecule has 0 aliphatic heterocycles. The molecule has 0 fully saturated rings. The summed E-state index contributed by atoms with van der Waals surface area (Å²) in [6.45, 7) is 5.32. The first-order valence-corrected chi connectivity index (χ1v) is 6.06. The number of likely N-dealkylation sites (N-methyl/N-ethyl adjacent to an activating group) is 1. The molecule has 0 bridgehead atoms. The third-order valence-electron chi connectivity index (χ3n) is 2.75. The molecule has 0 aliphatic rings. The first kappa shape index (κ1) is 16.9. The molecule has 0 heterocycles. The van der Waals surface area contributed by atoms with Crippen LogP contribution in [0.2, 0.25) is 0 Å². The third kappa shape index (κ3) is 4.67. The molecule has 3 nitrogen and oxygen atoms in total. The molecule has 1 unspecified atom stereocenters. The van der Waals surface area contributed by atoms with Gasteiger partial charge in [-0.05, 0) is 11.5 Å². The molecule has 4 heteroatoms. The Hall–Kier alpha value is -1.06. The molecule has 0 saturated carbocycles. The zero-order valence-electron chi connectivity index (χ0n) is 11.3. The first-order chi connectivity index (χ1) is 8.06. The van der Waals surface area contributed by atoms with E-state index in [-0.39, 0.29) is 24.2 Å². The van der Waals surface area contributed by atoms with E-state index >= 15 is 0 Å². The van der Waals surface area contributed by atoms with Crippen molar-refractivity contribution in [1.82, 2.24) is 4.90 Å². The highest BCUT2D eigenvalue weighted by Gasteiger charge is 2.22. The summed E-state index contributed by atoms with van der Waals surface area (Å²) in [4.78, 5) is 14.0. The van der Waals surface area contributed by atoms with Gasteiger partial charge in [-0.1, -0.05) is 44.2 Å². The van der Waals surface area contributed by atoms with E-state index in [1.807, 2.05) is 37.4 Å². The molecule has 0 spiro atoms. The second kappa shape index (κ2) is 8.11. The van der Waals surface area contributed by atoms with Crippen LogP contribution in [-0.4, -0.2) is 30.9 Å². The van der Waals surface area contributed by atoms with Crippen molar-refractivity contribution in [3.05, 3.63) is 35.9 Å². The molecule has 0 aliphatic carbocycles. The van der Waals surface area contributed by atoms with Gasteiger partial charge in [0.05, 0.1) is 5.92 Å². The van der Waals surface area contributed by atoms with Crippen molar-refractivity contribution in [2.45, 2.75) is 19.8 Å². The van der Waals surface area contributed by atoms with E-state index in [1.165, 1.54) is 0 Å². The predicted molar refractivity (Wildman–Crippen MR) is 78.0 cm³/mol. The number of rotatable bonds is 5. The van der Waals surface area contributed by atoms with Crippen molar-refractivity contribution in [2.75, 3.05) is 20.1 Å². The van der Waals surface area contributed by atoms with Gasteiger partial charge < -0.3 is 10.6 Å². The number of hydrogen-bond acceptors (Lipinski definition) is 2. The molecular weight excluding hydrogens is 248 g/mol. The number of carbonyl (C=O) groups excluding carboxylic acids is 1. The summed E-state index contributed by atoms with van der Waals surface area (Å²) in [6, 6.07) is 9.73. The van der Waals surface area contributed by atoms with Crippen LogP contribution in [0.25, 0.3) is 0 Å². The maximum Gasteiger partial charge on any atom is 0.231 e. The van der Waals surface area contributed by atoms with E-state index in [4.69, 9.17) is 5.73 Å². The van der Waals surface area contributed by atoms with Gasteiger partial charge >= 0.3 is 0 Å². The van der Waals surface area contributed by atoms with E-state index in [0.717, 1.165) is 12.1 Å². The van der Waals surface area contributed by atoms with E-state index in [2.05, 4.69) is 13.8 Å². The summed E-state index contributed by atoms with van der Waals surface area (Å²) >= 11 is 0. The first-order valence-electron chi connectivity index (χ1n) is 6.06. The Labute approximate surface area is 116 Å². The van der Waals surface area contributed by atoms with Gasteiger partial charge in [-0.3, -0.25) is 4.79 Å². The largest absolute Gasteiger partial charge is 0.345 e. The fourth-order valence-corrected chi connectivity index (χ4v) is 1.97. The van der Waals surface area contributed by atoms with Crippen molar-refractivity contribution in [1.29, 1.82) is 0 Å². The van der Waals surface area contributed by atoms with E-state index in [9.17, 15) is 4.79 Å². The van der Waals surface area contributed by atoms with Crippen molar-refractivity contribution in [2.24, 2.45) is 11.7 Å². The van der Waals surface area contributed by atoms with Gasteiger partial charge in [0, 0.05) is 20.1 Å². The van der Waals surface area contributed by atoms with Gasteiger partial charge in [-0.2, -0.15) is 0 Å². The Morgan fingerprint density at radius 1 is 1.28 bits per heavy atom. The lowest BCUT2D eigenvalue weighted by atomic mass is 9.97. The molecular formula is C14H23ClN2O. The smallest absolute Gasteiger partial charge is 0.231 e. The quantitative estimate of drug-likeness (QED) is 0.892. The molecule has 0 aromatic heterocycles. The van der Waals surface area contributed by atoms with Crippen LogP contribution in [-0.2, 0) is 4.79 Å². The number of nitrogens with zero attached hydrogens (tertiary/aromatic N) is 1. The monoisotopic (exact) mass is 270 g/mol. The molecule has 1 aromatic carbocycles. The zero-order valence-corrected chi connectivity index (χ0v) is 12.1. The van der Waals surface area contributed by atoms with Gasteiger partial charge in [-0.15, -0.1) is 12.4 Å². The summed E-state index contributed by atoms with van der Waals surface area (Å²) in [7, 11) is 1.84. The molecule has 0 radical (unpaired) electrons. The Morgan fingerprint density at radius 3 is 2.28 bits per heavy atom. The average molecular weight is 271 g/mol. The van der Waals surface area contributed by atoms with Crippen molar-refractivity contribution in [3.8, 4) is 0 Å². The van der Waals surface area contributed by atoms with Crippen LogP contribution in [0.4, 0.5) is 0 Å². The van der Waals surface area contributed by atoms with E-state index in [0.29, 0.717) is 12.5 Å². The van der Waals surface area contributed by atoms with Gasteiger partial charge in [0.25, 0.3) is 0 Å². The topological polar surface area (TPSA) is 46.3 Å². The molecule has 1 atom stereocenters. The zero-order chi connectivity index (χ0) is 12.8. The summed E-state index contributed by atoms with van der Waals surface area (Å²) in [5.41, 5.74) is 6.72. The van der Waals surface area contributed by atoms with Gasteiger partial charge in [-0.25, -0.2) is 0 Å². The highest BCUT2D eigenvalue weighted by atomic mass is 35.5. The van der Waals surface area contributed by atoms with Crippen LogP contribution in [0.3, 0.4) is 0 Å². The molecule has 0 saturated heterocycles. The highest BCUT2D eigenvalue weighted by molar-refractivity contribution is 5.85. The fraction of sp³-hybridized carbons (Fsp3) is 0.500.